The third-order valence-corrected chi connectivity index (χ3v) is 3.00. The Bertz CT molecular complexity index is 672. The maximum atomic E-state index is 13.8. The van der Waals surface area contributed by atoms with E-state index in [9.17, 15) is 17.6 Å². The first-order chi connectivity index (χ1) is 9.34. The maximum Gasteiger partial charge on any atom is 0.416 e. The van der Waals surface area contributed by atoms with Gasteiger partial charge >= 0.3 is 6.18 Å². The predicted octanol–water partition coefficient (Wildman–Crippen LogP) is 4.04. The van der Waals surface area contributed by atoms with E-state index in [2.05, 4.69) is 10.2 Å². The van der Waals surface area contributed by atoms with E-state index in [4.69, 9.17) is 12.2 Å². The average molecular weight is 305 g/mol. The largest absolute Gasteiger partial charge is 0.416 e. The Morgan fingerprint density at radius 1 is 1.35 bits per heavy atom. The Kier molecular flexibility index (Phi) is 3.94. The van der Waals surface area contributed by atoms with Crippen molar-refractivity contribution in [2.75, 3.05) is 0 Å². The molecule has 1 heterocycles. The molecule has 0 atom stereocenters. The average Bonchev–Trinajstić information content (AvgIpc) is 2.70. The molecule has 0 saturated heterocycles. The molecule has 0 fully saturated rings. The van der Waals surface area contributed by atoms with Crippen molar-refractivity contribution in [3.8, 4) is 5.69 Å². The fraction of sp³-hybridized carbons (Fsp3) is 0.333. The van der Waals surface area contributed by atoms with Crippen LogP contribution in [-0.2, 0) is 12.6 Å². The van der Waals surface area contributed by atoms with Gasteiger partial charge in [0, 0.05) is 6.42 Å². The molecule has 0 amide bonds. The van der Waals surface area contributed by atoms with Gasteiger partial charge < -0.3 is 0 Å². The maximum absolute atomic E-state index is 13.8. The molecule has 3 nitrogen and oxygen atoms in total. The second-order valence-electron chi connectivity index (χ2n) is 4.19. The topological polar surface area (TPSA) is 33.6 Å². The summed E-state index contributed by atoms with van der Waals surface area (Å²) in [5.74, 6) is -0.386. The zero-order valence-corrected chi connectivity index (χ0v) is 11.3. The zero-order valence-electron chi connectivity index (χ0n) is 10.5. The third kappa shape index (κ3) is 2.74. The van der Waals surface area contributed by atoms with E-state index in [1.54, 1.807) is 0 Å². The fourth-order valence-corrected chi connectivity index (χ4v) is 2.08. The van der Waals surface area contributed by atoms with Crippen LogP contribution in [0.2, 0.25) is 0 Å². The van der Waals surface area contributed by atoms with E-state index in [0.717, 1.165) is 12.1 Å². The molecule has 0 radical (unpaired) electrons. The van der Waals surface area contributed by atoms with Gasteiger partial charge in [0.15, 0.2) is 4.77 Å². The number of aryl methyl sites for hydroxylation is 1. The molecule has 1 N–H and O–H groups in total. The van der Waals surface area contributed by atoms with Crippen molar-refractivity contribution < 1.29 is 17.6 Å². The Hall–Kier alpha value is -1.70. The lowest BCUT2D eigenvalue weighted by atomic mass is 10.2. The van der Waals surface area contributed by atoms with Crippen LogP contribution < -0.4 is 0 Å². The molecule has 1 aromatic carbocycles. The molecule has 0 bridgehead atoms. The lowest BCUT2D eigenvalue weighted by Crippen LogP contribution is -2.09. The van der Waals surface area contributed by atoms with Crippen molar-refractivity contribution in [1.29, 1.82) is 0 Å². The van der Waals surface area contributed by atoms with Crippen molar-refractivity contribution in [3.05, 3.63) is 40.2 Å². The number of hydrogen-bond acceptors (Lipinski definition) is 2. The van der Waals surface area contributed by atoms with Crippen LogP contribution in [-0.4, -0.2) is 14.8 Å². The number of rotatable bonds is 3. The third-order valence-electron chi connectivity index (χ3n) is 2.73. The number of halogens is 4. The normalized spacial score (nSPS) is 11.8. The van der Waals surface area contributed by atoms with Crippen LogP contribution in [0, 0.1) is 10.6 Å². The highest BCUT2D eigenvalue weighted by Gasteiger charge is 2.31. The first-order valence-corrected chi connectivity index (χ1v) is 6.29. The summed E-state index contributed by atoms with van der Waals surface area (Å²) < 4.78 is 53.2. The van der Waals surface area contributed by atoms with Crippen molar-refractivity contribution in [2.24, 2.45) is 0 Å². The summed E-state index contributed by atoms with van der Waals surface area (Å²) in [6.45, 7) is 1.88. The van der Waals surface area contributed by atoms with Gasteiger partial charge in [-0.3, -0.25) is 9.67 Å². The van der Waals surface area contributed by atoms with Gasteiger partial charge in [0.2, 0.25) is 0 Å². The number of nitrogens with one attached hydrogen (secondary N) is 1. The second-order valence-corrected chi connectivity index (χ2v) is 4.58. The molecule has 2 rings (SSSR count). The molecular formula is C12H11F4N3S. The van der Waals surface area contributed by atoms with Crippen LogP contribution in [0.3, 0.4) is 0 Å². The Balaban J connectivity index is 2.63. The van der Waals surface area contributed by atoms with Gasteiger partial charge in [0.25, 0.3) is 0 Å². The second kappa shape index (κ2) is 5.35. The van der Waals surface area contributed by atoms with Gasteiger partial charge in [0.1, 0.15) is 11.6 Å². The summed E-state index contributed by atoms with van der Waals surface area (Å²) in [5, 5.41) is 6.39. The molecule has 0 unspecified atom stereocenters. The molecule has 0 spiro atoms. The van der Waals surface area contributed by atoms with E-state index < -0.39 is 17.6 Å². The number of H-pyrrole nitrogens is 1. The van der Waals surface area contributed by atoms with E-state index >= 15 is 0 Å². The number of benzene rings is 1. The summed E-state index contributed by atoms with van der Waals surface area (Å²) in [7, 11) is 0. The number of aromatic nitrogens is 3. The summed E-state index contributed by atoms with van der Waals surface area (Å²) in [6, 6.07) is 2.21. The molecule has 1 aromatic heterocycles. The molecule has 108 valence electrons. The minimum atomic E-state index is -4.54. The van der Waals surface area contributed by atoms with Crippen LogP contribution in [0.25, 0.3) is 5.69 Å². The summed E-state index contributed by atoms with van der Waals surface area (Å²) in [5.41, 5.74) is -1.18. The van der Waals surface area contributed by atoms with Gasteiger partial charge in [-0.2, -0.15) is 18.3 Å². The van der Waals surface area contributed by atoms with E-state index in [1.807, 2.05) is 6.92 Å². The fourth-order valence-electron chi connectivity index (χ4n) is 1.83. The lowest BCUT2D eigenvalue weighted by Gasteiger charge is -2.11. The van der Waals surface area contributed by atoms with E-state index in [-0.39, 0.29) is 10.5 Å². The summed E-state index contributed by atoms with van der Waals surface area (Å²) >= 11 is 4.96. The van der Waals surface area contributed by atoms with E-state index in [1.165, 1.54) is 4.57 Å². The van der Waals surface area contributed by atoms with Crippen LogP contribution >= 0.6 is 12.2 Å². The van der Waals surface area contributed by atoms with Crippen molar-refractivity contribution >= 4 is 12.2 Å². The zero-order chi connectivity index (χ0) is 14.9. The molecule has 0 aliphatic heterocycles. The van der Waals surface area contributed by atoms with Crippen LogP contribution in [0.1, 0.15) is 24.7 Å². The van der Waals surface area contributed by atoms with Gasteiger partial charge in [-0.25, -0.2) is 4.39 Å². The number of alkyl halides is 3. The van der Waals surface area contributed by atoms with Gasteiger partial charge in [-0.15, -0.1) is 0 Å². The molecule has 20 heavy (non-hydrogen) atoms. The number of nitrogens with zero attached hydrogens (tertiary/aromatic N) is 2. The smallest absolute Gasteiger partial charge is 0.269 e. The Morgan fingerprint density at radius 3 is 2.65 bits per heavy atom. The quantitative estimate of drug-likeness (QED) is 0.686. The SMILES string of the molecule is CCCc1n[nH]c(=S)n1-c1cc(C(F)(F)F)ccc1F. The van der Waals surface area contributed by atoms with Gasteiger partial charge in [-0.1, -0.05) is 6.92 Å². The standard InChI is InChI=1S/C12H11F4N3S/c1-2-3-10-17-18-11(20)19(10)9-6-7(12(14,15)16)4-5-8(9)13/h4-6H,2-3H2,1H3,(H,18,20). The molecule has 2 aromatic rings. The molecule has 0 aliphatic carbocycles. The first kappa shape index (κ1) is 14.7. The van der Waals surface area contributed by atoms with Crippen molar-refractivity contribution in [2.45, 2.75) is 25.9 Å². The minimum absolute atomic E-state index is 0.0617. The first-order valence-electron chi connectivity index (χ1n) is 5.88. The predicted molar refractivity (Wildman–Crippen MR) is 67.7 cm³/mol. The van der Waals surface area contributed by atoms with Crippen LogP contribution in [0.15, 0.2) is 18.2 Å². The highest BCUT2D eigenvalue weighted by molar-refractivity contribution is 7.71. The lowest BCUT2D eigenvalue weighted by molar-refractivity contribution is -0.137. The minimum Gasteiger partial charge on any atom is -0.269 e. The highest BCUT2D eigenvalue weighted by Crippen LogP contribution is 2.31. The molecule has 0 aliphatic rings. The molecule has 0 saturated carbocycles. The van der Waals surface area contributed by atoms with Gasteiger partial charge in [0.05, 0.1) is 11.3 Å². The summed E-state index contributed by atoms with van der Waals surface area (Å²) in [4.78, 5) is 0. The van der Waals surface area contributed by atoms with E-state index in [0.29, 0.717) is 24.7 Å². The van der Waals surface area contributed by atoms with Crippen LogP contribution in [0.4, 0.5) is 17.6 Å². The monoisotopic (exact) mass is 305 g/mol. The number of hydrogen-bond donors (Lipinski definition) is 1. The van der Waals surface area contributed by atoms with Gasteiger partial charge in [-0.05, 0) is 36.8 Å². The number of aromatic amines is 1. The van der Waals surface area contributed by atoms with Crippen LogP contribution in [0.5, 0.6) is 0 Å². The molecular weight excluding hydrogens is 294 g/mol. The van der Waals surface area contributed by atoms with Crippen molar-refractivity contribution in [1.82, 2.24) is 14.8 Å². The molecule has 8 heteroatoms. The summed E-state index contributed by atoms with van der Waals surface area (Å²) in [6.07, 6.45) is -3.36. The Morgan fingerprint density at radius 2 is 2.05 bits per heavy atom. The Labute approximate surface area is 117 Å². The van der Waals surface area contributed by atoms with Crippen molar-refractivity contribution in [3.63, 3.8) is 0 Å². The highest BCUT2D eigenvalue weighted by atomic mass is 32.1.